The molecule has 220 valence electrons. The van der Waals surface area contributed by atoms with Gasteiger partial charge in [0.15, 0.2) is 6.19 Å². The summed E-state index contributed by atoms with van der Waals surface area (Å²) in [6, 6.07) is 7.87. The highest BCUT2D eigenvalue weighted by atomic mass is 16.1. The van der Waals surface area contributed by atoms with Crippen LogP contribution in [0.15, 0.2) is 36.2 Å². The Morgan fingerprint density at radius 3 is 2.70 bits per heavy atom. The summed E-state index contributed by atoms with van der Waals surface area (Å²) in [6.07, 6.45) is 17.5. The number of rotatable bonds is 16. The minimum Gasteiger partial charge on any atom is -0.399 e. The van der Waals surface area contributed by atoms with Gasteiger partial charge in [0.2, 0.25) is 12.3 Å². The number of hydrogen-bond acceptors (Lipinski definition) is 7. The first-order valence-corrected chi connectivity index (χ1v) is 15.2. The molecule has 4 unspecified atom stereocenters. The van der Waals surface area contributed by atoms with Gasteiger partial charge >= 0.3 is 0 Å². The number of benzene rings is 1. The molecule has 0 bridgehead atoms. The highest BCUT2D eigenvalue weighted by molar-refractivity contribution is 5.76. The zero-order valence-corrected chi connectivity index (χ0v) is 24.2. The predicted molar refractivity (Wildman–Crippen MR) is 159 cm³/mol. The quantitative estimate of drug-likeness (QED) is 0.0777. The van der Waals surface area contributed by atoms with Crippen LogP contribution in [-0.4, -0.2) is 47.9 Å². The Hall–Kier alpha value is -3.25. The molecule has 1 saturated heterocycles. The second-order valence-corrected chi connectivity index (χ2v) is 11.5. The summed E-state index contributed by atoms with van der Waals surface area (Å²) in [4.78, 5) is 25.5. The number of nitrogens with two attached hydrogens (primary N) is 2. The molecule has 40 heavy (non-hydrogen) atoms. The number of likely N-dealkylation sites (tertiary alicyclic amines) is 1. The van der Waals surface area contributed by atoms with Crippen LogP contribution >= 0.6 is 0 Å². The molecule has 1 aliphatic heterocycles. The molecule has 2 aliphatic rings. The first kappa shape index (κ1) is 31.3. The first-order chi connectivity index (χ1) is 19.5. The second-order valence-electron chi connectivity index (χ2n) is 11.5. The fraction of sp³-hybridized carbons (Fsp3) is 0.645. The number of fused-ring (bicyclic) bond motifs is 1. The van der Waals surface area contributed by atoms with Gasteiger partial charge in [0.05, 0.1) is 6.54 Å². The van der Waals surface area contributed by atoms with Crippen LogP contribution in [0.3, 0.4) is 0 Å². The van der Waals surface area contributed by atoms with Crippen molar-refractivity contribution in [1.82, 2.24) is 15.2 Å². The molecule has 1 aromatic rings. The first-order valence-electron chi connectivity index (χ1n) is 15.2. The van der Waals surface area contributed by atoms with E-state index in [9.17, 15) is 14.9 Å². The lowest BCUT2D eigenvalue weighted by Gasteiger charge is -2.47. The molecule has 9 nitrogen and oxygen atoms in total. The number of nitriles is 1. The van der Waals surface area contributed by atoms with E-state index >= 15 is 0 Å². The Balaban J connectivity index is 1.65. The molecule has 0 spiro atoms. The molecule has 1 aromatic carbocycles. The maximum atomic E-state index is 12.2. The van der Waals surface area contributed by atoms with E-state index in [1.165, 1.54) is 44.9 Å². The molecule has 4 atom stereocenters. The van der Waals surface area contributed by atoms with Crippen molar-refractivity contribution < 1.29 is 9.59 Å². The number of carbonyl (C=O) groups is 2. The number of carbonyl (C=O) groups excluding carboxylic acids is 2. The van der Waals surface area contributed by atoms with Gasteiger partial charge < -0.3 is 26.3 Å². The number of hydrazine groups is 1. The number of para-hydroxylation sites is 1. The third kappa shape index (κ3) is 9.44. The van der Waals surface area contributed by atoms with Crippen molar-refractivity contribution in [3.63, 3.8) is 0 Å². The highest BCUT2D eigenvalue weighted by Crippen LogP contribution is 2.44. The van der Waals surface area contributed by atoms with Gasteiger partial charge in [-0.25, -0.2) is 5.84 Å². The molecule has 9 heteroatoms. The van der Waals surface area contributed by atoms with Crippen molar-refractivity contribution in [3.8, 4) is 6.19 Å². The summed E-state index contributed by atoms with van der Waals surface area (Å²) in [6.45, 7) is 3.74. The van der Waals surface area contributed by atoms with E-state index < -0.39 is 0 Å². The van der Waals surface area contributed by atoms with Gasteiger partial charge in [0.1, 0.15) is 0 Å². The lowest BCUT2D eigenvalue weighted by molar-refractivity contribution is -0.121. The summed E-state index contributed by atoms with van der Waals surface area (Å²) >= 11 is 0. The smallest absolute Gasteiger partial charge is 0.220 e. The molecule has 0 radical (unpaired) electrons. The summed E-state index contributed by atoms with van der Waals surface area (Å²) in [7, 11) is 0. The summed E-state index contributed by atoms with van der Waals surface area (Å²) < 4.78 is 0. The van der Waals surface area contributed by atoms with Crippen LogP contribution in [-0.2, 0) is 9.59 Å². The van der Waals surface area contributed by atoms with Crippen LogP contribution in [0.2, 0.25) is 0 Å². The largest absolute Gasteiger partial charge is 0.399 e. The molecule has 1 heterocycles. The van der Waals surface area contributed by atoms with E-state index in [4.69, 9.17) is 11.6 Å². The van der Waals surface area contributed by atoms with E-state index in [1.807, 2.05) is 29.2 Å². The Morgan fingerprint density at radius 1 is 1.20 bits per heavy atom. The SMILES string of the molecule is CCCCCCCC(=O)NC/C(N)=C/N(N)CCC(c1ccccc1NC=O)C1CC2CCCCC2CN1C#N. The van der Waals surface area contributed by atoms with Gasteiger partial charge in [-0.2, -0.15) is 5.26 Å². The van der Waals surface area contributed by atoms with Gasteiger partial charge in [-0.15, -0.1) is 0 Å². The van der Waals surface area contributed by atoms with E-state index in [0.717, 1.165) is 37.1 Å². The van der Waals surface area contributed by atoms with Gasteiger partial charge in [0, 0.05) is 49.1 Å². The summed E-state index contributed by atoms with van der Waals surface area (Å²) in [5.41, 5.74) is 8.46. The molecule has 1 saturated carbocycles. The maximum Gasteiger partial charge on any atom is 0.220 e. The fourth-order valence-corrected chi connectivity index (χ4v) is 6.52. The van der Waals surface area contributed by atoms with Crippen LogP contribution in [0.1, 0.15) is 95.5 Å². The van der Waals surface area contributed by atoms with Gasteiger partial charge in [0.25, 0.3) is 0 Å². The number of amides is 2. The van der Waals surface area contributed by atoms with Gasteiger partial charge in [-0.05, 0) is 49.1 Å². The average molecular weight is 552 g/mol. The highest BCUT2D eigenvalue weighted by Gasteiger charge is 2.40. The molecule has 1 aliphatic carbocycles. The molecule has 2 amide bonds. The van der Waals surface area contributed by atoms with Crippen molar-refractivity contribution in [2.75, 3.05) is 25.0 Å². The number of nitrogens with one attached hydrogen (secondary N) is 2. The number of nitrogens with zero attached hydrogens (tertiary/aromatic N) is 3. The van der Waals surface area contributed by atoms with Crippen molar-refractivity contribution in [2.24, 2.45) is 23.4 Å². The lowest BCUT2D eigenvalue weighted by Crippen LogP contribution is -2.49. The minimum absolute atomic E-state index is 0.000683. The standard InChI is InChI=1S/C31H49N7O2/c1-2-3-4-5-6-15-31(40)35-19-26(33)21-38(34)17-16-28(27-13-9-10-14-29(27)36-23-39)30-18-24-11-7-8-12-25(24)20-37(30)22-32/h9-10,13-14,21,23-25,28,30H,2-8,11-12,15-20,33-34H2,1H3,(H,35,40)(H,36,39)/b26-21-. The summed E-state index contributed by atoms with van der Waals surface area (Å²) in [5, 5.41) is 17.4. The zero-order chi connectivity index (χ0) is 28.7. The fourth-order valence-electron chi connectivity index (χ4n) is 6.52. The van der Waals surface area contributed by atoms with Crippen molar-refractivity contribution in [3.05, 3.63) is 41.7 Å². The molecule has 2 fully saturated rings. The average Bonchev–Trinajstić information content (AvgIpc) is 2.96. The third-order valence-corrected chi connectivity index (χ3v) is 8.64. The third-order valence-electron chi connectivity index (χ3n) is 8.64. The number of anilines is 1. The van der Waals surface area contributed by atoms with Crippen molar-refractivity contribution in [1.29, 1.82) is 5.26 Å². The Bertz CT molecular complexity index is 1010. The maximum absolute atomic E-state index is 12.2. The number of unbranched alkanes of at least 4 members (excludes halogenated alkanes) is 4. The van der Waals surface area contributed by atoms with Crippen LogP contribution in [0, 0.1) is 23.3 Å². The van der Waals surface area contributed by atoms with E-state index in [-0.39, 0.29) is 24.4 Å². The van der Waals surface area contributed by atoms with E-state index in [0.29, 0.717) is 43.3 Å². The topological polar surface area (TPSA) is 141 Å². The Morgan fingerprint density at radius 2 is 1.95 bits per heavy atom. The minimum atomic E-state index is -0.000683. The molecule has 0 aromatic heterocycles. The molecule has 3 rings (SSSR count). The normalized spacial score (nSPS) is 21.6. The summed E-state index contributed by atoms with van der Waals surface area (Å²) in [5.74, 6) is 7.55. The Labute approximate surface area is 240 Å². The van der Waals surface area contributed by atoms with E-state index in [1.54, 1.807) is 11.2 Å². The van der Waals surface area contributed by atoms with Crippen LogP contribution in [0.25, 0.3) is 0 Å². The van der Waals surface area contributed by atoms with E-state index in [2.05, 4.69) is 23.8 Å². The Kier molecular flexibility index (Phi) is 13.1. The van der Waals surface area contributed by atoms with Crippen molar-refractivity contribution in [2.45, 2.75) is 95.9 Å². The zero-order valence-electron chi connectivity index (χ0n) is 24.2. The monoisotopic (exact) mass is 551 g/mol. The second kappa shape index (κ2) is 16.8. The molecular weight excluding hydrogens is 502 g/mol. The van der Waals surface area contributed by atoms with Crippen LogP contribution < -0.4 is 22.2 Å². The van der Waals surface area contributed by atoms with Crippen LogP contribution in [0.4, 0.5) is 5.69 Å². The number of hydrogen-bond donors (Lipinski definition) is 4. The van der Waals surface area contributed by atoms with Gasteiger partial charge in [-0.1, -0.05) is 70.1 Å². The van der Waals surface area contributed by atoms with Crippen molar-refractivity contribution >= 4 is 18.0 Å². The van der Waals surface area contributed by atoms with Crippen LogP contribution in [0.5, 0.6) is 0 Å². The van der Waals surface area contributed by atoms with Gasteiger partial charge in [-0.3, -0.25) is 9.59 Å². The lowest BCUT2D eigenvalue weighted by atomic mass is 9.69. The molecule has 6 N–H and O–H groups in total. The molecular formula is C31H49N7O2. The predicted octanol–water partition coefficient (Wildman–Crippen LogP) is 4.54. The number of piperidine rings is 1.